The number of nitrogens with one attached hydrogen (secondary N) is 1. The fraction of sp³-hybridized carbons (Fsp3) is 0.480. The number of ether oxygens (including phenoxy) is 4. The minimum Gasteiger partial charge on any atom is -0.454 e. The zero-order chi connectivity index (χ0) is 25.1. The number of aliphatic hydroxyl groups excluding tert-OH is 1. The number of carbonyl (C=O) groups excluding carboxylic acids is 1. The Morgan fingerprint density at radius 1 is 1.06 bits per heavy atom. The summed E-state index contributed by atoms with van der Waals surface area (Å²) in [7, 11) is -3.85. The summed E-state index contributed by atoms with van der Waals surface area (Å²) in [5, 5.41) is 13.2. The van der Waals surface area contributed by atoms with Gasteiger partial charge in [0, 0.05) is 13.1 Å². The van der Waals surface area contributed by atoms with Crippen LogP contribution in [0.5, 0.6) is 11.5 Å². The third-order valence-electron chi connectivity index (χ3n) is 6.62. The molecule has 3 heterocycles. The Morgan fingerprint density at radius 2 is 1.86 bits per heavy atom. The van der Waals surface area contributed by atoms with Gasteiger partial charge in [-0.1, -0.05) is 24.3 Å². The zero-order valence-corrected chi connectivity index (χ0v) is 20.6. The van der Waals surface area contributed by atoms with Crippen LogP contribution in [0.25, 0.3) is 0 Å². The monoisotopic (exact) mass is 518 g/mol. The lowest BCUT2D eigenvalue weighted by atomic mass is 9.96. The van der Waals surface area contributed by atoms with Crippen LogP contribution >= 0.6 is 0 Å². The van der Waals surface area contributed by atoms with E-state index in [0.717, 1.165) is 5.56 Å². The van der Waals surface area contributed by atoms with Crippen molar-refractivity contribution < 1.29 is 37.3 Å². The SMILES string of the molecule is O=C(C[C@H]1CC[C@H]2[C@@H](COC[C@@H](O)CN2S(=O)(=O)c2ccccc2)O1)NCc1ccc2c(c1)OCO2. The molecular formula is C25H30N2O8S. The molecular weight excluding hydrogens is 488 g/mol. The Labute approximate surface area is 210 Å². The molecule has 3 aliphatic heterocycles. The van der Waals surface area contributed by atoms with Gasteiger partial charge in [0.05, 0.1) is 48.9 Å². The summed E-state index contributed by atoms with van der Waals surface area (Å²) >= 11 is 0. The molecule has 0 bridgehead atoms. The molecule has 0 spiro atoms. The molecule has 3 aliphatic rings. The highest BCUT2D eigenvalue weighted by Crippen LogP contribution is 2.33. The molecule has 5 rings (SSSR count). The summed E-state index contributed by atoms with van der Waals surface area (Å²) in [5.41, 5.74) is 0.894. The molecule has 2 aromatic carbocycles. The van der Waals surface area contributed by atoms with Crippen LogP contribution in [0.2, 0.25) is 0 Å². The highest BCUT2D eigenvalue weighted by molar-refractivity contribution is 7.89. The largest absolute Gasteiger partial charge is 0.454 e. The minimum absolute atomic E-state index is 0.00801. The predicted octanol–water partition coefficient (Wildman–Crippen LogP) is 1.42. The number of fused-ring (bicyclic) bond motifs is 2. The van der Waals surface area contributed by atoms with Crippen LogP contribution in [0.4, 0.5) is 0 Å². The average molecular weight is 519 g/mol. The zero-order valence-electron chi connectivity index (χ0n) is 19.7. The van der Waals surface area contributed by atoms with Gasteiger partial charge in [0.25, 0.3) is 0 Å². The Bertz CT molecular complexity index is 1180. The predicted molar refractivity (Wildman–Crippen MR) is 128 cm³/mol. The third kappa shape index (κ3) is 5.50. The van der Waals surface area contributed by atoms with E-state index < -0.39 is 28.3 Å². The molecule has 0 radical (unpaired) electrons. The maximum atomic E-state index is 13.4. The van der Waals surface area contributed by atoms with E-state index in [0.29, 0.717) is 30.9 Å². The molecule has 0 aliphatic carbocycles. The first-order valence-electron chi connectivity index (χ1n) is 12.0. The lowest BCUT2D eigenvalue weighted by Crippen LogP contribution is -2.57. The van der Waals surface area contributed by atoms with Crippen LogP contribution in [0, 0.1) is 0 Å². The number of nitrogens with zero attached hydrogens (tertiary/aromatic N) is 1. The van der Waals surface area contributed by atoms with Crippen molar-refractivity contribution in [1.82, 2.24) is 9.62 Å². The average Bonchev–Trinajstić information content (AvgIpc) is 3.34. The Hall–Kier alpha value is -2.70. The normalized spacial score (nSPS) is 26.5. The van der Waals surface area contributed by atoms with Gasteiger partial charge in [0.15, 0.2) is 11.5 Å². The summed E-state index contributed by atoms with van der Waals surface area (Å²) in [5.74, 6) is 1.19. The lowest BCUT2D eigenvalue weighted by Gasteiger charge is -2.43. The third-order valence-corrected chi connectivity index (χ3v) is 8.53. The Morgan fingerprint density at radius 3 is 2.69 bits per heavy atom. The van der Waals surface area contributed by atoms with Crippen molar-refractivity contribution in [2.24, 2.45) is 0 Å². The molecule has 10 nitrogen and oxygen atoms in total. The van der Waals surface area contributed by atoms with Crippen LogP contribution < -0.4 is 14.8 Å². The van der Waals surface area contributed by atoms with E-state index in [1.165, 1.54) is 4.31 Å². The first-order valence-corrected chi connectivity index (χ1v) is 13.5. The molecule has 2 aromatic rings. The van der Waals surface area contributed by atoms with Crippen molar-refractivity contribution in [3.63, 3.8) is 0 Å². The molecule has 2 saturated heterocycles. The van der Waals surface area contributed by atoms with Gasteiger partial charge in [-0.05, 0) is 42.7 Å². The molecule has 2 fully saturated rings. The molecule has 0 saturated carbocycles. The van der Waals surface area contributed by atoms with Gasteiger partial charge >= 0.3 is 0 Å². The fourth-order valence-corrected chi connectivity index (χ4v) is 6.57. The summed E-state index contributed by atoms with van der Waals surface area (Å²) in [6.07, 6.45) is -0.692. The topological polar surface area (TPSA) is 124 Å². The lowest BCUT2D eigenvalue weighted by molar-refractivity contribution is -0.146. The molecule has 0 aromatic heterocycles. The molecule has 2 N–H and O–H groups in total. The standard InChI is InChI=1S/C25H30N2O8S/c28-18-13-27(36(30,31)20-4-2-1-3-5-20)21-8-7-19(35-24(21)15-32-14-18)11-25(29)26-12-17-6-9-22-23(10-17)34-16-33-22/h1-6,9-10,18-19,21,24,28H,7-8,11-16H2,(H,26,29)/t18-,19+,21-,24+/m0/s1. The number of hydrogen-bond donors (Lipinski definition) is 2. The second-order valence-corrected chi connectivity index (χ2v) is 11.1. The number of amides is 1. The smallest absolute Gasteiger partial charge is 0.243 e. The van der Waals surface area contributed by atoms with Crippen molar-refractivity contribution >= 4 is 15.9 Å². The second kappa shape index (κ2) is 10.7. The van der Waals surface area contributed by atoms with Crippen molar-refractivity contribution in [1.29, 1.82) is 0 Å². The summed E-state index contributed by atoms with van der Waals surface area (Å²) in [6.45, 7) is 0.603. The number of rotatable bonds is 6. The van der Waals surface area contributed by atoms with Gasteiger partial charge in [-0.15, -0.1) is 0 Å². The van der Waals surface area contributed by atoms with Gasteiger partial charge in [0.2, 0.25) is 22.7 Å². The summed E-state index contributed by atoms with van der Waals surface area (Å²) in [6, 6.07) is 13.2. The minimum atomic E-state index is -3.85. The van der Waals surface area contributed by atoms with Crippen LogP contribution in [-0.4, -0.2) is 74.6 Å². The molecule has 1 amide bonds. The van der Waals surface area contributed by atoms with E-state index in [-0.39, 0.29) is 49.9 Å². The Balaban J connectivity index is 1.22. The van der Waals surface area contributed by atoms with Crippen LogP contribution in [0.3, 0.4) is 0 Å². The first-order chi connectivity index (χ1) is 17.4. The van der Waals surface area contributed by atoms with Gasteiger partial charge in [-0.2, -0.15) is 4.31 Å². The van der Waals surface area contributed by atoms with Gasteiger partial charge in [-0.25, -0.2) is 8.42 Å². The first kappa shape index (κ1) is 25.0. The summed E-state index contributed by atoms with van der Waals surface area (Å²) < 4.78 is 50.7. The molecule has 36 heavy (non-hydrogen) atoms. The van der Waals surface area contributed by atoms with Crippen molar-refractivity contribution in [2.45, 2.75) is 55.1 Å². The van der Waals surface area contributed by atoms with E-state index >= 15 is 0 Å². The van der Waals surface area contributed by atoms with E-state index in [1.54, 1.807) is 30.3 Å². The van der Waals surface area contributed by atoms with Crippen LogP contribution in [0.15, 0.2) is 53.4 Å². The van der Waals surface area contributed by atoms with E-state index in [9.17, 15) is 18.3 Å². The number of sulfonamides is 1. The molecule has 194 valence electrons. The van der Waals surface area contributed by atoms with E-state index in [2.05, 4.69) is 5.32 Å². The number of carbonyl (C=O) groups is 1. The van der Waals surface area contributed by atoms with E-state index in [1.807, 2.05) is 18.2 Å². The highest BCUT2D eigenvalue weighted by atomic mass is 32.2. The van der Waals surface area contributed by atoms with Crippen molar-refractivity contribution in [3.05, 3.63) is 54.1 Å². The second-order valence-electron chi connectivity index (χ2n) is 9.19. The molecule has 4 atom stereocenters. The molecule has 11 heteroatoms. The van der Waals surface area contributed by atoms with Gasteiger partial charge in [0.1, 0.15) is 0 Å². The number of aliphatic hydroxyl groups is 1. The van der Waals surface area contributed by atoms with Crippen LogP contribution in [0.1, 0.15) is 24.8 Å². The number of hydrogen-bond acceptors (Lipinski definition) is 8. The van der Waals surface area contributed by atoms with E-state index in [4.69, 9.17) is 18.9 Å². The quantitative estimate of drug-likeness (QED) is 0.589. The van der Waals surface area contributed by atoms with Gasteiger partial charge < -0.3 is 29.4 Å². The van der Waals surface area contributed by atoms with Crippen molar-refractivity contribution in [3.8, 4) is 11.5 Å². The highest BCUT2D eigenvalue weighted by Gasteiger charge is 2.43. The molecule has 0 unspecified atom stereocenters. The van der Waals surface area contributed by atoms with Crippen LogP contribution in [-0.2, 0) is 30.8 Å². The number of β-amino-alcohol motifs (C(OH)–C–C–N with tert-alkyl or cyclic N) is 1. The van der Waals surface area contributed by atoms with Crippen molar-refractivity contribution in [2.75, 3.05) is 26.6 Å². The maximum Gasteiger partial charge on any atom is 0.243 e. The Kier molecular flexibility index (Phi) is 7.44. The van der Waals surface area contributed by atoms with Gasteiger partial charge in [-0.3, -0.25) is 4.79 Å². The maximum absolute atomic E-state index is 13.4. The summed E-state index contributed by atoms with van der Waals surface area (Å²) in [4.78, 5) is 12.8. The fourth-order valence-electron chi connectivity index (χ4n) is 4.83. The number of benzene rings is 2.